The number of anilines is 2. The minimum absolute atomic E-state index is 0.123. The lowest BCUT2D eigenvalue weighted by Gasteiger charge is -2.20. The van der Waals surface area contributed by atoms with Crippen LogP contribution >= 0.6 is 0 Å². The van der Waals surface area contributed by atoms with E-state index in [9.17, 15) is 13.6 Å². The zero-order chi connectivity index (χ0) is 23.9. The Morgan fingerprint density at radius 3 is 2.67 bits per heavy atom. The number of aromatic nitrogens is 5. The van der Waals surface area contributed by atoms with Gasteiger partial charge in [-0.3, -0.25) is 4.79 Å². The summed E-state index contributed by atoms with van der Waals surface area (Å²) in [4.78, 5) is 28.2. The van der Waals surface area contributed by atoms with Crippen molar-refractivity contribution in [3.8, 4) is 11.8 Å². The van der Waals surface area contributed by atoms with Crippen LogP contribution in [-0.4, -0.2) is 75.9 Å². The lowest BCUT2D eigenvalue weighted by Crippen LogP contribution is -2.31. The molecule has 1 atom stereocenters. The fraction of sp³-hybridized carbons (Fsp3) is 0.476. The van der Waals surface area contributed by atoms with Crippen molar-refractivity contribution < 1.29 is 18.3 Å². The van der Waals surface area contributed by atoms with Gasteiger partial charge in [0.05, 0.1) is 18.0 Å². The molecule has 33 heavy (non-hydrogen) atoms. The number of amides is 1. The summed E-state index contributed by atoms with van der Waals surface area (Å²) in [6.07, 6.45) is 2.59. The van der Waals surface area contributed by atoms with E-state index in [0.717, 1.165) is 26.4 Å². The molecule has 3 aromatic rings. The molecule has 0 radical (unpaired) electrons. The highest BCUT2D eigenvalue weighted by Crippen LogP contribution is 2.33. The summed E-state index contributed by atoms with van der Waals surface area (Å²) in [5.41, 5.74) is 0.0720. The third kappa shape index (κ3) is 4.56. The molecule has 176 valence electrons. The average molecular weight is 460 g/mol. The van der Waals surface area contributed by atoms with Crippen LogP contribution in [0.5, 0.6) is 6.01 Å². The predicted molar refractivity (Wildman–Crippen MR) is 119 cm³/mol. The van der Waals surface area contributed by atoms with Crippen LogP contribution in [0.25, 0.3) is 16.7 Å². The van der Waals surface area contributed by atoms with Crippen molar-refractivity contribution in [1.82, 2.24) is 29.6 Å². The molecule has 3 aromatic heterocycles. The van der Waals surface area contributed by atoms with Crippen LogP contribution in [0.3, 0.4) is 0 Å². The number of alkyl halides is 2. The maximum Gasteiger partial charge on any atom is 0.318 e. The summed E-state index contributed by atoms with van der Waals surface area (Å²) in [6.45, 7) is 3.69. The second kappa shape index (κ2) is 8.50. The van der Waals surface area contributed by atoms with Crippen molar-refractivity contribution in [1.29, 1.82) is 0 Å². The van der Waals surface area contributed by atoms with E-state index in [1.807, 2.05) is 14.1 Å². The van der Waals surface area contributed by atoms with Gasteiger partial charge in [-0.25, -0.2) is 9.67 Å². The van der Waals surface area contributed by atoms with E-state index in [1.165, 1.54) is 24.8 Å². The van der Waals surface area contributed by atoms with Crippen LogP contribution in [0, 0.1) is 0 Å². The average Bonchev–Trinajstić information content (AvgIpc) is 3.37. The Morgan fingerprint density at radius 1 is 1.30 bits per heavy atom. The Morgan fingerprint density at radius 2 is 2.06 bits per heavy atom. The number of carbonyl (C=O) groups is 1. The van der Waals surface area contributed by atoms with Crippen molar-refractivity contribution in [3.05, 3.63) is 24.0 Å². The molecule has 1 fully saturated rings. The smallest absolute Gasteiger partial charge is 0.318 e. The number of hydrogen-bond donors (Lipinski definition) is 1. The third-order valence-electron chi connectivity index (χ3n) is 5.58. The van der Waals surface area contributed by atoms with E-state index in [0.29, 0.717) is 28.6 Å². The van der Waals surface area contributed by atoms with E-state index >= 15 is 0 Å². The van der Waals surface area contributed by atoms with Gasteiger partial charge in [0.2, 0.25) is 5.91 Å². The van der Waals surface area contributed by atoms with Crippen LogP contribution < -0.4 is 15.0 Å². The minimum atomic E-state index is -3.20. The molecule has 0 bridgehead atoms. The summed E-state index contributed by atoms with van der Waals surface area (Å²) in [5.74, 6) is -2.37. The normalized spacial score (nSPS) is 16.6. The number of fused-ring (bicyclic) bond motifs is 1. The number of carbonyl (C=O) groups excluding carboxylic acids is 1. The number of methoxy groups -OCH3 is 1. The number of hydrogen-bond acceptors (Lipinski definition) is 8. The Balaban J connectivity index is 1.89. The van der Waals surface area contributed by atoms with Crippen molar-refractivity contribution in [2.75, 3.05) is 44.5 Å². The molecule has 1 N–H and O–H groups in total. The molecule has 0 aliphatic carbocycles. The molecule has 0 aromatic carbocycles. The number of nitrogens with one attached hydrogen (secondary N) is 1. The van der Waals surface area contributed by atoms with Crippen LogP contribution in [0.4, 0.5) is 20.4 Å². The molecule has 1 aliphatic rings. The van der Waals surface area contributed by atoms with Gasteiger partial charge in [0, 0.05) is 51.3 Å². The summed E-state index contributed by atoms with van der Waals surface area (Å²) in [7, 11) is 5.38. The molecule has 0 saturated carbocycles. The van der Waals surface area contributed by atoms with Crippen molar-refractivity contribution in [2.45, 2.75) is 32.2 Å². The second-order valence-corrected chi connectivity index (χ2v) is 8.34. The Labute approximate surface area is 189 Å². The lowest BCUT2D eigenvalue weighted by atomic mass is 10.2. The van der Waals surface area contributed by atoms with Gasteiger partial charge in [-0.05, 0) is 20.5 Å². The van der Waals surface area contributed by atoms with Gasteiger partial charge in [0.15, 0.2) is 11.6 Å². The summed E-state index contributed by atoms with van der Waals surface area (Å²) < 4.78 is 34.7. The number of halogens is 2. The highest BCUT2D eigenvalue weighted by molar-refractivity contribution is 5.95. The van der Waals surface area contributed by atoms with Crippen LogP contribution in [0.15, 0.2) is 18.3 Å². The molecule has 1 saturated heterocycles. The summed E-state index contributed by atoms with van der Waals surface area (Å²) >= 11 is 0. The topological polar surface area (TPSA) is 101 Å². The first-order valence-electron chi connectivity index (χ1n) is 10.5. The molecule has 1 amide bonds. The van der Waals surface area contributed by atoms with Crippen LogP contribution in [-0.2, 0) is 10.7 Å². The molecule has 4 rings (SSSR count). The SMILES string of the molecule is COc1nc(-n2nc(N3CCC(N(C)C)C3)c3cnc(NC(C)=O)cc32)cc(C(C)(F)F)n1. The van der Waals surface area contributed by atoms with Crippen molar-refractivity contribution in [3.63, 3.8) is 0 Å². The number of likely N-dealkylation sites (N-methyl/N-ethyl adjacent to an activating group) is 1. The standard InChI is InChI=1S/C21H26F2N8O2/c1-12(32)25-17-8-15-14(10-24-17)19(30-7-6-13(11-30)29(3)4)28-31(15)18-9-16(21(2,22)23)26-20(27-18)33-5/h8-10,13H,6-7,11H2,1-5H3,(H,24,25,32). The molecular weight excluding hydrogens is 434 g/mol. The summed E-state index contributed by atoms with van der Waals surface area (Å²) in [5, 5.41) is 8.09. The van der Waals surface area contributed by atoms with E-state index in [-0.39, 0.29) is 17.7 Å². The first kappa shape index (κ1) is 22.8. The fourth-order valence-corrected chi connectivity index (χ4v) is 3.84. The van der Waals surface area contributed by atoms with Gasteiger partial charge in [-0.1, -0.05) is 0 Å². The molecule has 1 aliphatic heterocycles. The van der Waals surface area contributed by atoms with Gasteiger partial charge in [0.1, 0.15) is 11.5 Å². The fourth-order valence-electron chi connectivity index (χ4n) is 3.84. The summed E-state index contributed by atoms with van der Waals surface area (Å²) in [6, 6.07) is 3.00. The molecule has 1 unspecified atom stereocenters. The van der Waals surface area contributed by atoms with E-state index in [4.69, 9.17) is 9.84 Å². The third-order valence-corrected chi connectivity index (χ3v) is 5.58. The molecule has 10 nitrogen and oxygen atoms in total. The zero-order valence-electron chi connectivity index (χ0n) is 19.1. The number of pyridine rings is 1. The minimum Gasteiger partial charge on any atom is -0.467 e. The highest BCUT2D eigenvalue weighted by atomic mass is 19.3. The van der Waals surface area contributed by atoms with E-state index in [1.54, 1.807) is 12.3 Å². The van der Waals surface area contributed by atoms with Gasteiger partial charge in [0.25, 0.3) is 5.92 Å². The largest absolute Gasteiger partial charge is 0.467 e. The Hall–Kier alpha value is -3.41. The van der Waals surface area contributed by atoms with Crippen LogP contribution in [0.2, 0.25) is 0 Å². The maximum absolute atomic E-state index is 14.1. The number of nitrogens with zero attached hydrogens (tertiary/aromatic N) is 7. The Kier molecular flexibility index (Phi) is 5.87. The van der Waals surface area contributed by atoms with E-state index < -0.39 is 11.6 Å². The molecule has 0 spiro atoms. The number of rotatable bonds is 6. The zero-order valence-corrected chi connectivity index (χ0v) is 19.1. The highest BCUT2D eigenvalue weighted by Gasteiger charge is 2.31. The van der Waals surface area contributed by atoms with E-state index in [2.05, 4.69) is 30.1 Å². The van der Waals surface area contributed by atoms with Crippen molar-refractivity contribution >= 4 is 28.4 Å². The maximum atomic E-state index is 14.1. The first-order chi connectivity index (χ1) is 15.6. The van der Waals surface area contributed by atoms with Crippen LogP contribution in [0.1, 0.15) is 26.0 Å². The van der Waals surface area contributed by atoms with Gasteiger partial charge in [-0.2, -0.15) is 18.7 Å². The molecule has 4 heterocycles. The first-order valence-corrected chi connectivity index (χ1v) is 10.5. The predicted octanol–water partition coefficient (Wildman–Crippen LogP) is 2.43. The Bertz CT molecular complexity index is 1190. The van der Waals surface area contributed by atoms with Gasteiger partial charge >= 0.3 is 6.01 Å². The van der Waals surface area contributed by atoms with Crippen molar-refractivity contribution in [2.24, 2.45) is 0 Å². The van der Waals surface area contributed by atoms with Gasteiger partial charge < -0.3 is 19.9 Å². The second-order valence-electron chi connectivity index (χ2n) is 8.34. The lowest BCUT2D eigenvalue weighted by molar-refractivity contribution is -0.114. The molecular formula is C21H26F2N8O2. The molecule has 12 heteroatoms. The quantitative estimate of drug-likeness (QED) is 0.599. The van der Waals surface area contributed by atoms with Gasteiger partial charge in [-0.15, -0.1) is 5.10 Å². The number of ether oxygens (including phenoxy) is 1. The monoisotopic (exact) mass is 460 g/mol.